The van der Waals surface area contributed by atoms with E-state index in [1.165, 1.54) is 5.56 Å². The van der Waals surface area contributed by atoms with E-state index in [0.29, 0.717) is 13.0 Å². The van der Waals surface area contributed by atoms with E-state index in [1.807, 2.05) is 31.7 Å². The van der Waals surface area contributed by atoms with Crippen molar-refractivity contribution in [3.63, 3.8) is 0 Å². The molecule has 0 aliphatic carbocycles. The Morgan fingerprint density at radius 3 is 3.00 bits per heavy atom. The monoisotopic (exact) mass is 338 g/mol. The lowest BCUT2D eigenvalue weighted by Gasteiger charge is -2.32. The number of hydrogen-bond acceptors (Lipinski definition) is 4. The van der Waals surface area contributed by atoms with Crippen molar-refractivity contribution in [3.05, 3.63) is 53.7 Å². The number of carbonyl (C=O) groups is 1. The quantitative estimate of drug-likeness (QED) is 0.756. The molecule has 1 fully saturated rings. The molecule has 7 heteroatoms. The zero-order valence-electron chi connectivity index (χ0n) is 14.4. The highest BCUT2D eigenvalue weighted by molar-refractivity contribution is 5.77. The van der Waals surface area contributed by atoms with E-state index in [9.17, 15) is 4.79 Å². The molecule has 4 rings (SSSR count). The molecule has 0 aromatic carbocycles. The van der Waals surface area contributed by atoms with Gasteiger partial charge >= 0.3 is 0 Å². The minimum absolute atomic E-state index is 0.0594. The number of aryl methyl sites for hydroxylation is 2. The van der Waals surface area contributed by atoms with Crippen LogP contribution in [0.15, 0.2) is 36.9 Å². The average Bonchev–Trinajstić information content (AvgIpc) is 3.20. The fourth-order valence-electron chi connectivity index (χ4n) is 3.44. The molecule has 4 heterocycles. The Labute approximate surface area is 146 Å². The van der Waals surface area contributed by atoms with E-state index in [0.717, 1.165) is 23.3 Å². The molecule has 0 bridgehead atoms. The SMILES string of the molecule is Cc1ccc2ncc(CN[C@@H]3CCC(=O)N[C@H]3c3cnn(C)c3)n2c1. The maximum absolute atomic E-state index is 11.9. The summed E-state index contributed by atoms with van der Waals surface area (Å²) in [6, 6.07) is 4.19. The van der Waals surface area contributed by atoms with Gasteiger partial charge in [-0.05, 0) is 25.0 Å². The van der Waals surface area contributed by atoms with Crippen LogP contribution in [-0.2, 0) is 18.4 Å². The summed E-state index contributed by atoms with van der Waals surface area (Å²) in [7, 11) is 1.89. The van der Waals surface area contributed by atoms with Crippen LogP contribution in [0.4, 0.5) is 0 Å². The van der Waals surface area contributed by atoms with Gasteiger partial charge in [-0.15, -0.1) is 0 Å². The lowest BCUT2D eigenvalue weighted by molar-refractivity contribution is -0.123. The van der Waals surface area contributed by atoms with E-state index >= 15 is 0 Å². The molecule has 1 aliphatic heterocycles. The molecule has 0 unspecified atom stereocenters. The van der Waals surface area contributed by atoms with Crippen LogP contribution in [-0.4, -0.2) is 31.1 Å². The van der Waals surface area contributed by atoms with Gasteiger partial charge in [0.05, 0.1) is 24.1 Å². The summed E-state index contributed by atoms with van der Waals surface area (Å²) in [5, 5.41) is 10.9. The number of fused-ring (bicyclic) bond motifs is 1. The van der Waals surface area contributed by atoms with Crippen molar-refractivity contribution in [1.82, 2.24) is 29.8 Å². The van der Waals surface area contributed by atoms with Crippen LogP contribution in [0.1, 0.15) is 35.7 Å². The minimum Gasteiger partial charge on any atom is -0.348 e. The zero-order chi connectivity index (χ0) is 17.4. The molecule has 2 N–H and O–H groups in total. The van der Waals surface area contributed by atoms with Crippen molar-refractivity contribution in [3.8, 4) is 0 Å². The second-order valence-electron chi connectivity index (χ2n) is 6.70. The largest absolute Gasteiger partial charge is 0.348 e. The number of piperidine rings is 1. The van der Waals surface area contributed by atoms with Gasteiger partial charge in [0.1, 0.15) is 5.65 Å². The number of rotatable bonds is 4. The normalized spacial score (nSPS) is 20.8. The fourth-order valence-corrected chi connectivity index (χ4v) is 3.44. The molecule has 0 spiro atoms. The Morgan fingerprint density at radius 2 is 2.20 bits per heavy atom. The summed E-state index contributed by atoms with van der Waals surface area (Å²) in [4.78, 5) is 16.3. The third-order valence-electron chi connectivity index (χ3n) is 4.76. The molecular weight excluding hydrogens is 316 g/mol. The van der Waals surface area contributed by atoms with Gasteiger partial charge in [0.2, 0.25) is 5.91 Å². The van der Waals surface area contributed by atoms with E-state index in [-0.39, 0.29) is 18.0 Å². The van der Waals surface area contributed by atoms with Crippen LogP contribution in [0.2, 0.25) is 0 Å². The molecule has 3 aromatic heterocycles. The summed E-state index contributed by atoms with van der Waals surface area (Å²) in [6.07, 6.45) is 9.13. The van der Waals surface area contributed by atoms with Crippen LogP contribution in [0.3, 0.4) is 0 Å². The summed E-state index contributed by atoms with van der Waals surface area (Å²) in [5.41, 5.74) is 4.29. The van der Waals surface area contributed by atoms with Gasteiger partial charge in [-0.1, -0.05) is 6.07 Å². The number of carbonyl (C=O) groups excluding carboxylic acids is 1. The maximum Gasteiger partial charge on any atom is 0.220 e. The number of amides is 1. The van der Waals surface area contributed by atoms with Crippen LogP contribution < -0.4 is 10.6 Å². The van der Waals surface area contributed by atoms with Crippen molar-refractivity contribution >= 4 is 11.6 Å². The van der Waals surface area contributed by atoms with Crippen LogP contribution in [0, 0.1) is 6.92 Å². The predicted molar refractivity (Wildman–Crippen MR) is 93.9 cm³/mol. The third kappa shape index (κ3) is 3.15. The molecular formula is C18H22N6O. The summed E-state index contributed by atoms with van der Waals surface area (Å²) in [5.74, 6) is 0.0948. The molecule has 1 amide bonds. The smallest absolute Gasteiger partial charge is 0.220 e. The number of nitrogens with one attached hydrogen (secondary N) is 2. The number of pyridine rings is 1. The molecule has 0 radical (unpaired) electrons. The van der Waals surface area contributed by atoms with Gasteiger partial charge in [-0.2, -0.15) is 5.10 Å². The van der Waals surface area contributed by atoms with Crippen molar-refractivity contribution in [2.45, 2.75) is 38.4 Å². The average molecular weight is 338 g/mol. The van der Waals surface area contributed by atoms with E-state index in [1.54, 1.807) is 4.68 Å². The number of aromatic nitrogens is 4. The van der Waals surface area contributed by atoms with Crippen LogP contribution in [0.25, 0.3) is 5.65 Å². The van der Waals surface area contributed by atoms with E-state index in [2.05, 4.69) is 44.3 Å². The second-order valence-corrected chi connectivity index (χ2v) is 6.70. The molecule has 130 valence electrons. The first-order valence-electron chi connectivity index (χ1n) is 8.54. The first kappa shape index (κ1) is 15.8. The van der Waals surface area contributed by atoms with Crippen molar-refractivity contribution in [1.29, 1.82) is 0 Å². The number of hydrogen-bond donors (Lipinski definition) is 2. The lowest BCUT2D eigenvalue weighted by Crippen LogP contribution is -2.48. The Morgan fingerprint density at radius 1 is 1.32 bits per heavy atom. The highest BCUT2D eigenvalue weighted by Gasteiger charge is 2.30. The van der Waals surface area contributed by atoms with E-state index < -0.39 is 0 Å². The molecule has 1 aliphatic rings. The van der Waals surface area contributed by atoms with Gasteiger partial charge in [-0.25, -0.2) is 4.98 Å². The molecule has 7 nitrogen and oxygen atoms in total. The van der Waals surface area contributed by atoms with Crippen molar-refractivity contribution in [2.75, 3.05) is 0 Å². The Bertz CT molecular complexity index is 911. The van der Waals surface area contributed by atoms with Gasteiger partial charge < -0.3 is 15.0 Å². The Kier molecular flexibility index (Phi) is 4.01. The summed E-state index contributed by atoms with van der Waals surface area (Å²) in [6.45, 7) is 2.77. The van der Waals surface area contributed by atoms with Crippen molar-refractivity contribution < 1.29 is 4.79 Å². The second kappa shape index (κ2) is 6.33. The molecule has 25 heavy (non-hydrogen) atoms. The summed E-state index contributed by atoms with van der Waals surface area (Å²) < 4.78 is 3.88. The van der Waals surface area contributed by atoms with Gasteiger partial charge in [0, 0.05) is 44.0 Å². The first-order valence-corrected chi connectivity index (χ1v) is 8.54. The van der Waals surface area contributed by atoms with Gasteiger partial charge in [-0.3, -0.25) is 9.48 Å². The molecule has 0 saturated carbocycles. The fraction of sp³-hybridized carbons (Fsp3) is 0.389. The molecule has 1 saturated heterocycles. The number of nitrogens with zero attached hydrogens (tertiary/aromatic N) is 4. The lowest BCUT2D eigenvalue weighted by atomic mass is 9.93. The first-order chi connectivity index (χ1) is 12.1. The highest BCUT2D eigenvalue weighted by atomic mass is 16.1. The third-order valence-corrected chi connectivity index (χ3v) is 4.76. The zero-order valence-corrected chi connectivity index (χ0v) is 14.4. The standard InChI is InChI=1S/C18H22N6O/c1-12-3-5-16-20-9-14(24(16)10-12)8-19-15-4-6-17(25)22-18(15)13-7-21-23(2)11-13/h3,5,7,9-11,15,18-19H,4,6,8H2,1-2H3,(H,22,25)/t15-,18+/m1/s1. The van der Waals surface area contributed by atoms with Crippen LogP contribution in [0.5, 0.6) is 0 Å². The van der Waals surface area contributed by atoms with Crippen molar-refractivity contribution in [2.24, 2.45) is 7.05 Å². The Hall–Kier alpha value is -2.67. The molecule has 3 aromatic rings. The topological polar surface area (TPSA) is 76.2 Å². The maximum atomic E-state index is 11.9. The van der Waals surface area contributed by atoms with E-state index in [4.69, 9.17) is 0 Å². The predicted octanol–water partition coefficient (Wildman–Crippen LogP) is 1.49. The number of imidazole rings is 1. The molecule has 2 atom stereocenters. The van der Waals surface area contributed by atoms with Gasteiger partial charge in [0.25, 0.3) is 0 Å². The summed E-state index contributed by atoms with van der Waals surface area (Å²) >= 11 is 0. The van der Waals surface area contributed by atoms with Crippen LogP contribution >= 0.6 is 0 Å². The van der Waals surface area contributed by atoms with Gasteiger partial charge in [0.15, 0.2) is 0 Å². The highest BCUT2D eigenvalue weighted by Crippen LogP contribution is 2.24. The minimum atomic E-state index is -0.0594. The Balaban J connectivity index is 1.53.